The Labute approximate surface area is 128 Å². The lowest BCUT2D eigenvalue weighted by Crippen LogP contribution is -2.23. The Morgan fingerprint density at radius 2 is 2.05 bits per heavy atom. The van der Waals surface area contributed by atoms with Gasteiger partial charge in [-0.2, -0.15) is 11.3 Å². The maximum Gasteiger partial charge on any atom is 0.0375 e. The summed E-state index contributed by atoms with van der Waals surface area (Å²) in [5, 5.41) is 11.9. The predicted octanol–water partition coefficient (Wildman–Crippen LogP) is 5.25. The fraction of sp³-hybridized carbons (Fsp3) is 0.294. The Morgan fingerprint density at radius 3 is 2.85 bits per heavy atom. The first-order valence-corrected chi connectivity index (χ1v) is 8.91. The SMILES string of the molecule is CCCNC(Cc1ccsc1)c1csc2ccccc12. The Balaban J connectivity index is 1.91. The van der Waals surface area contributed by atoms with E-state index in [4.69, 9.17) is 0 Å². The van der Waals surface area contributed by atoms with E-state index in [0.717, 1.165) is 13.0 Å². The fourth-order valence-corrected chi connectivity index (χ4v) is 4.22. The molecule has 104 valence electrons. The molecule has 0 fully saturated rings. The summed E-state index contributed by atoms with van der Waals surface area (Å²) in [5.74, 6) is 0. The second-order valence-corrected chi connectivity index (χ2v) is 6.72. The van der Waals surface area contributed by atoms with Crippen LogP contribution in [0.1, 0.15) is 30.5 Å². The van der Waals surface area contributed by atoms with Crippen LogP contribution in [-0.2, 0) is 6.42 Å². The molecule has 0 amide bonds. The Bertz CT molecular complexity index is 655. The van der Waals surface area contributed by atoms with E-state index in [1.165, 1.54) is 27.6 Å². The van der Waals surface area contributed by atoms with Gasteiger partial charge in [-0.25, -0.2) is 0 Å². The minimum Gasteiger partial charge on any atom is -0.310 e. The summed E-state index contributed by atoms with van der Waals surface area (Å²) in [7, 11) is 0. The molecule has 0 saturated heterocycles. The van der Waals surface area contributed by atoms with Gasteiger partial charge in [-0.3, -0.25) is 0 Å². The smallest absolute Gasteiger partial charge is 0.0375 e. The minimum atomic E-state index is 0.417. The van der Waals surface area contributed by atoms with Crippen molar-refractivity contribution in [3.63, 3.8) is 0 Å². The zero-order valence-electron chi connectivity index (χ0n) is 11.6. The third kappa shape index (κ3) is 2.95. The molecule has 3 rings (SSSR count). The standard InChI is InChI=1S/C17H19NS2/c1-2-8-18-16(10-13-7-9-19-11-13)15-12-20-17-6-4-3-5-14(15)17/h3-7,9,11-12,16,18H,2,8,10H2,1H3. The van der Waals surface area contributed by atoms with E-state index in [1.54, 1.807) is 11.3 Å². The van der Waals surface area contributed by atoms with Gasteiger partial charge in [-0.05, 0) is 64.2 Å². The van der Waals surface area contributed by atoms with E-state index in [-0.39, 0.29) is 0 Å². The van der Waals surface area contributed by atoms with Crippen molar-refractivity contribution in [1.82, 2.24) is 5.32 Å². The third-order valence-corrected chi connectivity index (χ3v) is 5.26. The zero-order chi connectivity index (χ0) is 13.8. The molecule has 1 N–H and O–H groups in total. The molecule has 0 spiro atoms. The van der Waals surface area contributed by atoms with Crippen LogP contribution in [0.5, 0.6) is 0 Å². The molecule has 2 heterocycles. The van der Waals surface area contributed by atoms with Crippen molar-refractivity contribution in [1.29, 1.82) is 0 Å². The second-order valence-electron chi connectivity index (χ2n) is 5.03. The Kier molecular flexibility index (Phi) is 4.51. The highest BCUT2D eigenvalue weighted by Gasteiger charge is 2.16. The maximum atomic E-state index is 3.71. The van der Waals surface area contributed by atoms with Gasteiger partial charge in [0.05, 0.1) is 0 Å². The summed E-state index contributed by atoms with van der Waals surface area (Å²) in [6, 6.07) is 11.4. The molecule has 20 heavy (non-hydrogen) atoms. The molecule has 0 saturated carbocycles. The van der Waals surface area contributed by atoms with Crippen LogP contribution in [0.4, 0.5) is 0 Å². The van der Waals surface area contributed by atoms with Crippen molar-refractivity contribution in [2.45, 2.75) is 25.8 Å². The number of rotatable bonds is 6. The van der Waals surface area contributed by atoms with Gasteiger partial charge in [0.15, 0.2) is 0 Å². The molecular weight excluding hydrogens is 282 g/mol. The molecule has 1 atom stereocenters. The number of thiophene rings is 2. The van der Waals surface area contributed by atoms with Crippen molar-refractivity contribution < 1.29 is 0 Å². The van der Waals surface area contributed by atoms with Crippen LogP contribution in [0.3, 0.4) is 0 Å². The van der Waals surface area contributed by atoms with E-state index in [2.05, 4.69) is 58.7 Å². The highest BCUT2D eigenvalue weighted by molar-refractivity contribution is 7.17. The maximum absolute atomic E-state index is 3.71. The van der Waals surface area contributed by atoms with Crippen molar-refractivity contribution in [3.05, 3.63) is 57.6 Å². The Hall–Kier alpha value is -1.16. The molecule has 0 aliphatic heterocycles. The van der Waals surface area contributed by atoms with Gasteiger partial charge in [-0.1, -0.05) is 25.1 Å². The van der Waals surface area contributed by atoms with Gasteiger partial charge in [-0.15, -0.1) is 11.3 Å². The quantitative estimate of drug-likeness (QED) is 0.656. The molecule has 0 aliphatic carbocycles. The van der Waals surface area contributed by atoms with Crippen LogP contribution in [0, 0.1) is 0 Å². The van der Waals surface area contributed by atoms with Gasteiger partial charge >= 0.3 is 0 Å². The van der Waals surface area contributed by atoms with Crippen LogP contribution >= 0.6 is 22.7 Å². The molecule has 3 heteroatoms. The van der Waals surface area contributed by atoms with E-state index in [0.29, 0.717) is 6.04 Å². The predicted molar refractivity (Wildman–Crippen MR) is 90.9 cm³/mol. The first-order chi connectivity index (χ1) is 9.88. The fourth-order valence-electron chi connectivity index (χ4n) is 2.52. The molecular formula is C17H19NS2. The van der Waals surface area contributed by atoms with Crippen LogP contribution in [0.25, 0.3) is 10.1 Å². The lowest BCUT2D eigenvalue weighted by Gasteiger charge is -2.18. The molecule has 1 nitrogen and oxygen atoms in total. The molecule has 0 bridgehead atoms. The summed E-state index contributed by atoms with van der Waals surface area (Å²) < 4.78 is 1.39. The summed E-state index contributed by atoms with van der Waals surface area (Å²) in [6.45, 7) is 3.29. The lowest BCUT2D eigenvalue weighted by molar-refractivity contribution is 0.534. The van der Waals surface area contributed by atoms with Crippen LogP contribution in [0.15, 0.2) is 46.5 Å². The largest absolute Gasteiger partial charge is 0.310 e. The summed E-state index contributed by atoms with van der Waals surface area (Å²) in [5.41, 5.74) is 2.88. The van der Waals surface area contributed by atoms with Crippen molar-refractivity contribution in [2.75, 3.05) is 6.54 Å². The molecule has 1 aromatic carbocycles. The molecule has 0 aliphatic rings. The van der Waals surface area contributed by atoms with Crippen LogP contribution in [0.2, 0.25) is 0 Å². The number of hydrogen-bond donors (Lipinski definition) is 1. The van der Waals surface area contributed by atoms with Crippen LogP contribution in [-0.4, -0.2) is 6.54 Å². The summed E-state index contributed by atoms with van der Waals surface area (Å²) in [4.78, 5) is 0. The van der Waals surface area contributed by atoms with Gasteiger partial charge in [0.1, 0.15) is 0 Å². The Morgan fingerprint density at radius 1 is 1.15 bits per heavy atom. The van der Waals surface area contributed by atoms with Crippen LogP contribution < -0.4 is 5.32 Å². The topological polar surface area (TPSA) is 12.0 Å². The first kappa shape index (κ1) is 13.8. The second kappa shape index (κ2) is 6.53. The third-order valence-electron chi connectivity index (χ3n) is 3.55. The first-order valence-electron chi connectivity index (χ1n) is 7.09. The number of benzene rings is 1. The summed E-state index contributed by atoms with van der Waals surface area (Å²) in [6.07, 6.45) is 2.24. The average molecular weight is 301 g/mol. The van der Waals surface area contributed by atoms with Crippen molar-refractivity contribution in [3.8, 4) is 0 Å². The lowest BCUT2D eigenvalue weighted by atomic mass is 10.00. The van der Waals surface area contributed by atoms with E-state index in [9.17, 15) is 0 Å². The zero-order valence-corrected chi connectivity index (χ0v) is 13.3. The molecule has 3 aromatic rings. The highest BCUT2D eigenvalue weighted by atomic mass is 32.1. The normalized spacial score (nSPS) is 12.8. The van der Waals surface area contributed by atoms with E-state index in [1.807, 2.05) is 11.3 Å². The number of nitrogens with one attached hydrogen (secondary N) is 1. The monoisotopic (exact) mass is 301 g/mol. The number of fused-ring (bicyclic) bond motifs is 1. The van der Waals surface area contributed by atoms with Gasteiger partial charge in [0, 0.05) is 10.7 Å². The van der Waals surface area contributed by atoms with Gasteiger partial charge in [0.25, 0.3) is 0 Å². The van der Waals surface area contributed by atoms with Gasteiger partial charge < -0.3 is 5.32 Å². The molecule has 1 unspecified atom stereocenters. The summed E-state index contributed by atoms with van der Waals surface area (Å²) >= 11 is 3.63. The van der Waals surface area contributed by atoms with Crippen molar-refractivity contribution in [2.24, 2.45) is 0 Å². The average Bonchev–Trinajstić information content (AvgIpc) is 3.12. The molecule has 2 aromatic heterocycles. The highest BCUT2D eigenvalue weighted by Crippen LogP contribution is 2.32. The minimum absolute atomic E-state index is 0.417. The molecule has 0 radical (unpaired) electrons. The number of hydrogen-bond acceptors (Lipinski definition) is 3. The van der Waals surface area contributed by atoms with E-state index >= 15 is 0 Å². The van der Waals surface area contributed by atoms with E-state index < -0.39 is 0 Å². The van der Waals surface area contributed by atoms with Gasteiger partial charge in [0.2, 0.25) is 0 Å². The van der Waals surface area contributed by atoms with Crippen molar-refractivity contribution >= 4 is 32.8 Å².